The first-order valence-corrected chi connectivity index (χ1v) is 14.6. The van der Waals surface area contributed by atoms with Crippen LogP contribution in [-0.2, 0) is 32.3 Å². The molecule has 2 atom stereocenters. The van der Waals surface area contributed by atoms with Crippen molar-refractivity contribution in [2.75, 3.05) is 31.7 Å². The van der Waals surface area contributed by atoms with Crippen LogP contribution in [0.25, 0.3) is 11.2 Å². The maximum absolute atomic E-state index is 13.2. The maximum atomic E-state index is 13.2. The minimum Gasteiger partial charge on any atom is -0.543 e. The summed E-state index contributed by atoms with van der Waals surface area (Å²) in [5, 5.41) is 21.3. The number of fused-ring (bicyclic) bond motifs is 2. The molecule has 5 rings (SSSR count). The number of likely N-dealkylation sites (N-methyl/N-ethyl adjacent to an activating group) is 1. The number of nitrogens with two attached hydrogens (primary N) is 1. The molecule has 15 nitrogen and oxygen atoms in total. The zero-order chi connectivity index (χ0) is 29.3. The highest BCUT2D eigenvalue weighted by Crippen LogP contribution is 2.40. The summed E-state index contributed by atoms with van der Waals surface area (Å²) in [6.07, 6.45) is 1.83. The molecule has 3 aromatic rings. The first-order valence-electron chi connectivity index (χ1n) is 12.7. The van der Waals surface area contributed by atoms with E-state index in [-0.39, 0.29) is 35.5 Å². The second kappa shape index (κ2) is 11.8. The van der Waals surface area contributed by atoms with Crippen molar-refractivity contribution in [1.82, 2.24) is 34.4 Å². The van der Waals surface area contributed by atoms with Gasteiger partial charge in [0.1, 0.15) is 30.1 Å². The molecule has 1 fully saturated rings. The summed E-state index contributed by atoms with van der Waals surface area (Å²) in [5.41, 5.74) is 7.33. The first-order chi connectivity index (χ1) is 19.7. The number of thioether (sulfide) groups is 1. The van der Waals surface area contributed by atoms with Crippen LogP contribution in [0.1, 0.15) is 18.6 Å². The van der Waals surface area contributed by atoms with Crippen LogP contribution in [-0.4, -0.2) is 84.7 Å². The van der Waals surface area contributed by atoms with E-state index in [1.807, 2.05) is 36.9 Å². The Kier molecular flexibility index (Phi) is 8.18. The summed E-state index contributed by atoms with van der Waals surface area (Å²) in [4.78, 5) is 53.4. The molecule has 1 saturated heterocycles. The van der Waals surface area contributed by atoms with Gasteiger partial charge in [0.25, 0.3) is 11.8 Å². The third kappa shape index (κ3) is 5.34. The Bertz CT molecular complexity index is 1580. The number of rotatable bonds is 11. The molecule has 4 N–H and O–H groups in total. The van der Waals surface area contributed by atoms with Crippen molar-refractivity contribution in [3.63, 3.8) is 0 Å². The minimum absolute atomic E-state index is 0.0363. The van der Waals surface area contributed by atoms with Crippen LogP contribution in [0, 0.1) is 6.92 Å². The molecule has 0 aromatic carbocycles. The fourth-order valence-electron chi connectivity index (χ4n) is 4.74. The number of oxime groups is 1. The predicted octanol–water partition coefficient (Wildman–Crippen LogP) is -1.87. The molecule has 0 saturated carbocycles. The van der Waals surface area contributed by atoms with E-state index in [2.05, 4.69) is 29.7 Å². The molecule has 17 heteroatoms. The number of imidazole rings is 1. The van der Waals surface area contributed by atoms with Gasteiger partial charge < -0.3 is 35.7 Å². The number of carboxylic acids is 1. The number of hydrogen-bond donors (Lipinski definition) is 3. The van der Waals surface area contributed by atoms with E-state index < -0.39 is 29.2 Å². The number of nitrogens with one attached hydrogen (secondary N) is 2. The fourth-order valence-corrected chi connectivity index (χ4v) is 6.51. The van der Waals surface area contributed by atoms with E-state index in [9.17, 15) is 19.5 Å². The Morgan fingerprint density at radius 1 is 1.37 bits per heavy atom. The number of pyridine rings is 1. The number of aryl methyl sites for hydroxylation is 1. The van der Waals surface area contributed by atoms with Gasteiger partial charge in [-0.15, -0.1) is 11.8 Å². The van der Waals surface area contributed by atoms with Gasteiger partial charge in [0.05, 0.1) is 17.9 Å². The van der Waals surface area contributed by atoms with E-state index in [4.69, 9.17) is 15.6 Å². The maximum Gasteiger partial charge on any atom is 0.349 e. The Morgan fingerprint density at radius 3 is 2.85 bits per heavy atom. The lowest BCUT2D eigenvalue weighted by Gasteiger charge is -2.50. The number of nitrogen functional groups attached to an aromatic ring is 1. The molecule has 0 aliphatic carbocycles. The monoisotopic (exact) mass is 600 g/mol. The SMILES string of the molecule is CCO/N=C(\C(=O)NC1C(=O)N2C(C(=O)[O-])=C(C[n+]3cccc4c3nc(C)n4CCNC)CSC12)c1nsc(N)n1. The lowest BCUT2D eigenvalue weighted by molar-refractivity contribution is -0.664. The fraction of sp³-hybridized carbons (Fsp3) is 0.417. The number of β-lactam (4-membered cyclic amide) rings is 1. The molecule has 216 valence electrons. The van der Waals surface area contributed by atoms with Gasteiger partial charge >= 0.3 is 5.65 Å². The number of anilines is 1. The average molecular weight is 601 g/mol. The lowest BCUT2D eigenvalue weighted by atomic mass is 10.0. The van der Waals surface area contributed by atoms with Crippen LogP contribution < -0.4 is 26.0 Å². The van der Waals surface area contributed by atoms with Crippen molar-refractivity contribution in [2.45, 2.75) is 38.4 Å². The van der Waals surface area contributed by atoms with Crippen LogP contribution in [0.15, 0.2) is 34.8 Å². The average Bonchev–Trinajstić information content (AvgIpc) is 3.52. The summed E-state index contributed by atoms with van der Waals surface area (Å²) >= 11 is 2.23. The lowest BCUT2D eigenvalue weighted by Crippen LogP contribution is -2.71. The van der Waals surface area contributed by atoms with Crippen molar-refractivity contribution in [2.24, 2.45) is 5.16 Å². The predicted molar refractivity (Wildman–Crippen MR) is 148 cm³/mol. The second-order valence-electron chi connectivity index (χ2n) is 9.17. The molecule has 2 aliphatic heterocycles. The van der Waals surface area contributed by atoms with Crippen LogP contribution in [0.3, 0.4) is 0 Å². The molecule has 2 amide bonds. The van der Waals surface area contributed by atoms with Gasteiger partial charge in [-0.05, 0) is 31.1 Å². The van der Waals surface area contributed by atoms with Crippen molar-refractivity contribution < 1.29 is 28.9 Å². The summed E-state index contributed by atoms with van der Waals surface area (Å²) in [6.45, 7) is 5.49. The van der Waals surface area contributed by atoms with E-state index in [0.717, 1.165) is 36.0 Å². The Hall–Kier alpha value is -4.09. The number of carbonyl (C=O) groups excluding carboxylic acids is 3. The number of aliphatic carboxylic acids is 1. The highest BCUT2D eigenvalue weighted by molar-refractivity contribution is 8.00. The number of carboxylic acid groups (broad SMARTS) is 1. The summed E-state index contributed by atoms with van der Waals surface area (Å²) in [5.74, 6) is -1.69. The quantitative estimate of drug-likeness (QED) is 0.0965. The highest BCUT2D eigenvalue weighted by Gasteiger charge is 2.53. The van der Waals surface area contributed by atoms with Crippen molar-refractivity contribution >= 4 is 63.1 Å². The van der Waals surface area contributed by atoms with Gasteiger partial charge in [-0.2, -0.15) is 9.36 Å². The van der Waals surface area contributed by atoms with Crippen LogP contribution in [0.4, 0.5) is 5.13 Å². The van der Waals surface area contributed by atoms with Crippen LogP contribution >= 0.6 is 23.3 Å². The minimum atomic E-state index is -1.47. The van der Waals surface area contributed by atoms with Gasteiger partial charge in [-0.25, -0.2) is 4.57 Å². The van der Waals surface area contributed by atoms with E-state index in [1.54, 1.807) is 6.92 Å². The smallest absolute Gasteiger partial charge is 0.349 e. The highest BCUT2D eigenvalue weighted by atomic mass is 32.2. The van der Waals surface area contributed by atoms with Crippen molar-refractivity contribution in [3.05, 3.63) is 41.2 Å². The molecule has 3 aromatic heterocycles. The van der Waals surface area contributed by atoms with Gasteiger partial charge in [-0.1, -0.05) is 5.16 Å². The molecule has 41 heavy (non-hydrogen) atoms. The Labute approximate surface area is 242 Å². The largest absolute Gasteiger partial charge is 0.543 e. The number of amides is 2. The zero-order valence-corrected chi connectivity index (χ0v) is 24.1. The Morgan fingerprint density at radius 2 is 2.17 bits per heavy atom. The van der Waals surface area contributed by atoms with Crippen molar-refractivity contribution in [3.8, 4) is 0 Å². The second-order valence-corrected chi connectivity index (χ2v) is 11.1. The molecular formula is C24H28N10O5S2. The Balaban J connectivity index is 1.38. The molecule has 2 aliphatic rings. The van der Waals surface area contributed by atoms with Crippen LogP contribution in [0.5, 0.6) is 0 Å². The number of carbonyl (C=O) groups is 3. The van der Waals surface area contributed by atoms with Crippen LogP contribution in [0.2, 0.25) is 0 Å². The molecule has 0 spiro atoms. The number of aromatic nitrogens is 5. The van der Waals surface area contributed by atoms with Gasteiger partial charge in [0.15, 0.2) is 5.13 Å². The topological polar surface area (TPSA) is 197 Å². The van der Waals surface area contributed by atoms with E-state index in [0.29, 0.717) is 17.0 Å². The molecule has 2 unspecified atom stereocenters. The number of hydrogen-bond acceptors (Lipinski definition) is 13. The molecular weight excluding hydrogens is 572 g/mol. The molecule has 0 radical (unpaired) electrons. The summed E-state index contributed by atoms with van der Waals surface area (Å²) in [6, 6.07) is 2.85. The summed E-state index contributed by atoms with van der Waals surface area (Å²) < 4.78 is 7.95. The standard InChI is InChI=1S/C24H28N10O5S2/c1-4-39-30-15(18-29-24(25)41-31-18)20(35)28-16-21(36)34-17(23(37)38)13(11-40-22(16)34)10-32-8-5-6-14-19(32)27-12(2)33(14)9-7-26-3/h5-6,8,16,22,26H,4,7,9-11H2,1-3H3,(H3-,25,28,29,31,35,37,38)/b30-15-. The van der Waals surface area contributed by atoms with E-state index >= 15 is 0 Å². The normalized spacial score (nSPS) is 18.9. The third-order valence-corrected chi connectivity index (χ3v) is 8.48. The van der Waals surface area contributed by atoms with Gasteiger partial charge in [-0.3, -0.25) is 14.5 Å². The zero-order valence-electron chi connectivity index (χ0n) is 22.5. The third-order valence-electron chi connectivity index (χ3n) is 6.60. The van der Waals surface area contributed by atoms with E-state index in [1.165, 1.54) is 16.7 Å². The van der Waals surface area contributed by atoms with Gasteiger partial charge in [0.2, 0.25) is 17.4 Å². The molecule has 5 heterocycles. The first kappa shape index (κ1) is 28.4. The summed E-state index contributed by atoms with van der Waals surface area (Å²) in [7, 11) is 1.88. The molecule has 0 bridgehead atoms. The van der Waals surface area contributed by atoms with Gasteiger partial charge in [0, 0.05) is 42.9 Å². The number of nitrogens with zero attached hydrogens (tertiary/aromatic N) is 7. The van der Waals surface area contributed by atoms with Crippen molar-refractivity contribution in [1.29, 1.82) is 0 Å².